The second kappa shape index (κ2) is 6.38. The van der Waals surface area contributed by atoms with E-state index in [9.17, 15) is 4.79 Å². The Bertz CT molecular complexity index is 551. The lowest BCUT2D eigenvalue weighted by molar-refractivity contribution is -0.122. The fourth-order valence-electron chi connectivity index (χ4n) is 1.57. The first-order valence-electron chi connectivity index (χ1n) is 5.75. The Balaban J connectivity index is 1.82. The van der Waals surface area contributed by atoms with E-state index < -0.39 is 0 Å². The van der Waals surface area contributed by atoms with Gasteiger partial charge in [-0.25, -0.2) is 0 Å². The van der Waals surface area contributed by atoms with Gasteiger partial charge in [-0.1, -0.05) is 12.1 Å². The summed E-state index contributed by atoms with van der Waals surface area (Å²) in [4.78, 5) is 11.7. The molecule has 1 amide bonds. The number of hydrogen-bond acceptors (Lipinski definition) is 3. The van der Waals surface area contributed by atoms with E-state index in [4.69, 9.17) is 4.74 Å². The Labute approximate surface area is 119 Å². The second-order valence-electron chi connectivity index (χ2n) is 3.98. The van der Waals surface area contributed by atoms with Gasteiger partial charge in [0, 0.05) is 12.7 Å². The molecule has 1 aromatic heterocycles. The van der Waals surface area contributed by atoms with Crippen molar-refractivity contribution in [3.05, 3.63) is 46.7 Å². The topological polar surface area (TPSA) is 56.1 Å². The predicted molar refractivity (Wildman–Crippen MR) is 74.8 cm³/mol. The van der Waals surface area contributed by atoms with E-state index >= 15 is 0 Å². The summed E-state index contributed by atoms with van der Waals surface area (Å²) in [5, 5.41) is 6.86. The van der Waals surface area contributed by atoms with Crippen LogP contribution in [0.3, 0.4) is 0 Å². The van der Waals surface area contributed by atoms with Crippen LogP contribution in [0.4, 0.5) is 0 Å². The molecule has 5 nitrogen and oxygen atoms in total. The smallest absolute Gasteiger partial charge is 0.241 e. The fraction of sp³-hybridized carbons (Fsp3) is 0.231. The van der Waals surface area contributed by atoms with Gasteiger partial charge in [0.15, 0.2) is 0 Å². The standard InChI is InChI=1S/C13H14BrN3O2/c1-19-12-4-2-10(3-5-12)6-15-13(18)9-17-8-11(14)7-16-17/h2-5,7-8H,6,9H2,1H3,(H,15,18). The summed E-state index contributed by atoms with van der Waals surface area (Å²) in [5.74, 6) is 0.725. The van der Waals surface area contributed by atoms with Crippen molar-refractivity contribution in [3.8, 4) is 5.75 Å². The largest absolute Gasteiger partial charge is 0.497 e. The molecule has 1 N–H and O–H groups in total. The first-order chi connectivity index (χ1) is 9.17. The van der Waals surface area contributed by atoms with Crippen molar-refractivity contribution in [3.63, 3.8) is 0 Å². The van der Waals surface area contributed by atoms with Crippen molar-refractivity contribution < 1.29 is 9.53 Å². The van der Waals surface area contributed by atoms with Gasteiger partial charge in [0.25, 0.3) is 0 Å². The quantitative estimate of drug-likeness (QED) is 0.915. The Hall–Kier alpha value is -1.82. The van der Waals surface area contributed by atoms with Crippen LogP contribution in [0, 0.1) is 0 Å². The van der Waals surface area contributed by atoms with Crippen molar-refractivity contribution in [2.75, 3.05) is 7.11 Å². The molecule has 0 saturated carbocycles. The molecule has 0 atom stereocenters. The highest BCUT2D eigenvalue weighted by molar-refractivity contribution is 9.10. The van der Waals surface area contributed by atoms with Gasteiger partial charge < -0.3 is 10.1 Å². The minimum absolute atomic E-state index is 0.0774. The van der Waals surface area contributed by atoms with Crippen LogP contribution < -0.4 is 10.1 Å². The highest BCUT2D eigenvalue weighted by atomic mass is 79.9. The molecule has 0 aliphatic heterocycles. The van der Waals surface area contributed by atoms with Gasteiger partial charge in [-0.2, -0.15) is 5.10 Å². The van der Waals surface area contributed by atoms with Crippen molar-refractivity contribution >= 4 is 21.8 Å². The van der Waals surface area contributed by atoms with Crippen LogP contribution in [-0.2, 0) is 17.9 Å². The monoisotopic (exact) mass is 323 g/mol. The third kappa shape index (κ3) is 4.10. The van der Waals surface area contributed by atoms with Crippen molar-refractivity contribution in [1.29, 1.82) is 0 Å². The first kappa shape index (κ1) is 13.6. The minimum Gasteiger partial charge on any atom is -0.497 e. The van der Waals surface area contributed by atoms with E-state index in [2.05, 4.69) is 26.3 Å². The first-order valence-corrected chi connectivity index (χ1v) is 6.54. The zero-order chi connectivity index (χ0) is 13.7. The Morgan fingerprint density at radius 1 is 1.42 bits per heavy atom. The number of nitrogens with zero attached hydrogens (tertiary/aromatic N) is 2. The van der Waals surface area contributed by atoms with Crippen LogP contribution >= 0.6 is 15.9 Å². The van der Waals surface area contributed by atoms with Crippen LogP contribution in [0.1, 0.15) is 5.56 Å². The molecule has 0 bridgehead atoms. The van der Waals surface area contributed by atoms with E-state index in [1.807, 2.05) is 24.3 Å². The number of hydrogen-bond donors (Lipinski definition) is 1. The lowest BCUT2D eigenvalue weighted by atomic mass is 10.2. The van der Waals surface area contributed by atoms with Crippen LogP contribution in [0.15, 0.2) is 41.1 Å². The number of carbonyl (C=O) groups excluding carboxylic acids is 1. The SMILES string of the molecule is COc1ccc(CNC(=O)Cn2cc(Br)cn2)cc1. The van der Waals surface area contributed by atoms with Crippen LogP contribution in [0.25, 0.3) is 0 Å². The summed E-state index contributed by atoms with van der Waals surface area (Å²) in [7, 11) is 1.62. The molecule has 1 heterocycles. The number of nitrogens with one attached hydrogen (secondary N) is 1. The average Bonchev–Trinajstić information content (AvgIpc) is 2.82. The Kier molecular flexibility index (Phi) is 4.57. The maximum atomic E-state index is 11.7. The predicted octanol–water partition coefficient (Wildman–Crippen LogP) is 1.97. The number of rotatable bonds is 5. The number of aromatic nitrogens is 2. The molecule has 2 aromatic rings. The maximum Gasteiger partial charge on any atom is 0.241 e. The Morgan fingerprint density at radius 2 is 2.16 bits per heavy atom. The fourth-order valence-corrected chi connectivity index (χ4v) is 1.90. The molecule has 0 saturated heterocycles. The summed E-state index contributed by atoms with van der Waals surface area (Å²) in [5.41, 5.74) is 1.02. The normalized spacial score (nSPS) is 10.2. The lowest BCUT2D eigenvalue weighted by Crippen LogP contribution is -2.27. The molecule has 19 heavy (non-hydrogen) atoms. The van der Waals surface area contributed by atoms with E-state index in [1.165, 1.54) is 0 Å². The average molecular weight is 324 g/mol. The van der Waals surface area contributed by atoms with E-state index in [1.54, 1.807) is 24.2 Å². The number of methoxy groups -OCH3 is 1. The molecular weight excluding hydrogens is 310 g/mol. The summed E-state index contributed by atoms with van der Waals surface area (Å²) in [6.07, 6.45) is 3.41. The highest BCUT2D eigenvalue weighted by Crippen LogP contribution is 2.11. The second-order valence-corrected chi connectivity index (χ2v) is 4.90. The molecule has 0 unspecified atom stereocenters. The highest BCUT2D eigenvalue weighted by Gasteiger charge is 2.04. The molecule has 0 aliphatic rings. The number of amides is 1. The van der Waals surface area contributed by atoms with Crippen molar-refractivity contribution in [1.82, 2.24) is 15.1 Å². The van der Waals surface area contributed by atoms with Gasteiger partial charge in [-0.05, 0) is 33.6 Å². The molecule has 6 heteroatoms. The van der Waals surface area contributed by atoms with Crippen molar-refractivity contribution in [2.45, 2.75) is 13.1 Å². The van der Waals surface area contributed by atoms with Crippen LogP contribution in [-0.4, -0.2) is 22.8 Å². The van der Waals surface area contributed by atoms with Crippen LogP contribution in [0.5, 0.6) is 5.75 Å². The number of benzene rings is 1. The summed E-state index contributed by atoms with van der Waals surface area (Å²) < 4.78 is 7.51. The third-order valence-electron chi connectivity index (χ3n) is 2.56. The summed E-state index contributed by atoms with van der Waals surface area (Å²) in [6, 6.07) is 7.57. The molecule has 0 radical (unpaired) electrons. The number of ether oxygens (including phenoxy) is 1. The molecule has 1 aromatic carbocycles. The van der Waals surface area contributed by atoms with E-state index in [0.29, 0.717) is 6.54 Å². The molecule has 0 fully saturated rings. The number of halogens is 1. The molecule has 100 valence electrons. The lowest BCUT2D eigenvalue weighted by Gasteiger charge is -2.06. The van der Waals surface area contributed by atoms with Crippen LogP contribution in [0.2, 0.25) is 0 Å². The summed E-state index contributed by atoms with van der Waals surface area (Å²) >= 11 is 3.28. The number of carbonyl (C=O) groups is 1. The Morgan fingerprint density at radius 3 is 2.74 bits per heavy atom. The van der Waals surface area contributed by atoms with Gasteiger partial charge in [0.2, 0.25) is 5.91 Å². The van der Waals surface area contributed by atoms with Gasteiger partial charge >= 0.3 is 0 Å². The minimum atomic E-state index is -0.0774. The van der Waals surface area contributed by atoms with Gasteiger partial charge in [-0.3, -0.25) is 9.48 Å². The zero-order valence-corrected chi connectivity index (χ0v) is 12.1. The van der Waals surface area contributed by atoms with Gasteiger partial charge in [0.1, 0.15) is 12.3 Å². The molecular formula is C13H14BrN3O2. The van der Waals surface area contributed by atoms with Crippen molar-refractivity contribution in [2.24, 2.45) is 0 Å². The third-order valence-corrected chi connectivity index (χ3v) is 2.97. The zero-order valence-electron chi connectivity index (χ0n) is 10.5. The maximum absolute atomic E-state index is 11.7. The van der Waals surface area contributed by atoms with Gasteiger partial charge in [-0.15, -0.1) is 0 Å². The molecule has 2 rings (SSSR count). The van der Waals surface area contributed by atoms with Gasteiger partial charge in [0.05, 0.1) is 17.8 Å². The molecule has 0 aliphatic carbocycles. The van der Waals surface area contributed by atoms with E-state index in [-0.39, 0.29) is 12.5 Å². The summed E-state index contributed by atoms with van der Waals surface area (Å²) in [6.45, 7) is 0.701. The molecule has 0 spiro atoms. The van der Waals surface area contributed by atoms with E-state index in [0.717, 1.165) is 15.8 Å².